The first-order valence-electron chi connectivity index (χ1n) is 18.5. The summed E-state index contributed by atoms with van der Waals surface area (Å²) in [5.41, 5.74) is 7.94. The van der Waals surface area contributed by atoms with Crippen molar-refractivity contribution in [3.63, 3.8) is 0 Å². The van der Waals surface area contributed by atoms with Crippen molar-refractivity contribution in [2.24, 2.45) is 0 Å². The third kappa shape index (κ3) is 7.07. The Labute approximate surface area is 292 Å². The lowest BCUT2D eigenvalue weighted by Gasteiger charge is -2.31. The van der Waals surface area contributed by atoms with Crippen LogP contribution in [0.4, 0.5) is 0 Å². The second-order valence-electron chi connectivity index (χ2n) is 13.8. The van der Waals surface area contributed by atoms with Gasteiger partial charge in [0.2, 0.25) is 0 Å². The molecule has 2 aliphatic carbocycles. The monoisotopic (exact) mass is 660 g/mol. The fourth-order valence-corrected chi connectivity index (χ4v) is 7.88. The Morgan fingerprint density at radius 2 is 0.857 bits per heavy atom. The van der Waals surface area contributed by atoms with E-state index in [1.54, 1.807) is 12.1 Å². The Morgan fingerprint density at radius 1 is 0.449 bits per heavy atom. The highest BCUT2D eigenvalue weighted by Gasteiger charge is 2.52. The first-order chi connectivity index (χ1) is 23.9. The van der Waals surface area contributed by atoms with Crippen LogP contribution >= 0.6 is 0 Å². The Balaban J connectivity index is 1.42. The van der Waals surface area contributed by atoms with Gasteiger partial charge in [0.15, 0.2) is 0 Å². The third-order valence-corrected chi connectivity index (χ3v) is 10.4. The molecule has 0 bridgehead atoms. The number of unbranched alkanes of at least 4 members (excludes halogenated alkanes) is 10. The predicted molar refractivity (Wildman–Crippen MR) is 200 cm³/mol. The quantitative estimate of drug-likeness (QED) is 0.0594. The summed E-state index contributed by atoms with van der Waals surface area (Å²) in [4.78, 5) is 0. The molecule has 4 N–H and O–H groups in total. The zero-order valence-corrected chi connectivity index (χ0v) is 29.1. The van der Waals surface area contributed by atoms with E-state index in [0.717, 1.165) is 81.7 Å². The minimum Gasteiger partial charge on any atom is -0.494 e. The van der Waals surface area contributed by atoms with E-state index < -0.39 is 19.7 Å². The van der Waals surface area contributed by atoms with Crippen molar-refractivity contribution in [1.82, 2.24) is 0 Å². The number of hydrogen-bond donors (Lipinski definition) is 4. The van der Waals surface area contributed by atoms with E-state index in [0.29, 0.717) is 24.1 Å². The summed E-state index contributed by atoms with van der Waals surface area (Å²) in [5, 5.41) is 41.1. The molecule has 4 aromatic carbocycles. The van der Waals surface area contributed by atoms with Crippen LogP contribution in [0.5, 0.6) is 11.5 Å². The third-order valence-electron chi connectivity index (χ3n) is 10.4. The van der Waals surface area contributed by atoms with E-state index in [4.69, 9.17) is 9.47 Å². The van der Waals surface area contributed by atoms with Gasteiger partial charge in [-0.3, -0.25) is 0 Å². The molecular formula is C41H50B2O6. The topological polar surface area (TPSA) is 99.4 Å². The summed E-state index contributed by atoms with van der Waals surface area (Å²) in [6.45, 7) is 5.78. The second-order valence-corrected chi connectivity index (χ2v) is 13.8. The van der Waals surface area contributed by atoms with Crippen molar-refractivity contribution in [2.45, 2.75) is 96.3 Å². The number of benzene rings is 4. The average molecular weight is 660 g/mol. The standard InChI is InChI=1S/C41H50B2O6/c1-3-5-7-9-11-13-23-48-31-17-21-37-35(27-31)36-28-32(49-24-14-12-10-8-6-4-2)18-22-38(36)41(37)39-25-29(42(44)45)15-19-33(39)34-20-16-30(43(46)47)26-40(34)41/h15-22,25-28,44-47H,3-14,23-24H2,1-2H3. The second kappa shape index (κ2) is 16.0. The zero-order chi connectivity index (χ0) is 34.4. The average Bonchev–Trinajstić information content (AvgIpc) is 3.56. The fraction of sp³-hybridized carbons (Fsp3) is 0.415. The van der Waals surface area contributed by atoms with Gasteiger partial charge in [-0.15, -0.1) is 0 Å². The van der Waals surface area contributed by atoms with E-state index >= 15 is 0 Å². The maximum atomic E-state index is 10.3. The summed E-state index contributed by atoms with van der Waals surface area (Å²) in [7, 11) is -3.26. The van der Waals surface area contributed by atoms with Gasteiger partial charge in [-0.1, -0.05) is 127 Å². The summed E-state index contributed by atoms with van der Waals surface area (Å²) < 4.78 is 12.7. The molecule has 4 aromatic rings. The van der Waals surface area contributed by atoms with Gasteiger partial charge in [0, 0.05) is 0 Å². The van der Waals surface area contributed by atoms with Gasteiger partial charge in [-0.2, -0.15) is 0 Å². The van der Waals surface area contributed by atoms with E-state index in [9.17, 15) is 20.1 Å². The molecule has 0 aromatic heterocycles. The highest BCUT2D eigenvalue weighted by atomic mass is 16.5. The van der Waals surface area contributed by atoms with Crippen LogP contribution < -0.4 is 20.4 Å². The molecule has 0 aliphatic heterocycles. The SMILES string of the molecule is CCCCCCCCOc1ccc2c(c1)-c1cc(OCCCCCCCC)ccc1C21c2cc(B(O)O)ccc2-c2ccc(B(O)O)cc21. The molecule has 0 atom stereocenters. The first-order valence-corrected chi connectivity index (χ1v) is 18.5. The molecule has 0 radical (unpaired) electrons. The van der Waals surface area contributed by atoms with E-state index in [1.807, 2.05) is 36.4 Å². The van der Waals surface area contributed by atoms with Crippen LogP contribution in [0.15, 0.2) is 72.8 Å². The minimum atomic E-state index is -1.63. The Hall–Kier alpha value is -3.55. The van der Waals surface area contributed by atoms with Crippen LogP contribution in [0.3, 0.4) is 0 Å². The van der Waals surface area contributed by atoms with Crippen LogP contribution in [0.2, 0.25) is 0 Å². The van der Waals surface area contributed by atoms with Gasteiger partial charge >= 0.3 is 14.2 Å². The lowest BCUT2D eigenvalue weighted by atomic mass is 9.67. The van der Waals surface area contributed by atoms with Crippen molar-refractivity contribution in [1.29, 1.82) is 0 Å². The molecule has 8 heteroatoms. The Morgan fingerprint density at radius 3 is 1.27 bits per heavy atom. The summed E-state index contributed by atoms with van der Waals surface area (Å²) >= 11 is 0. The molecule has 0 unspecified atom stereocenters. The van der Waals surface area contributed by atoms with Crippen LogP contribution in [0.1, 0.15) is 113 Å². The van der Waals surface area contributed by atoms with Crippen LogP contribution in [0.25, 0.3) is 22.3 Å². The molecule has 6 nitrogen and oxygen atoms in total. The van der Waals surface area contributed by atoms with E-state index in [-0.39, 0.29) is 0 Å². The van der Waals surface area contributed by atoms with E-state index in [2.05, 4.69) is 38.1 Å². The highest BCUT2D eigenvalue weighted by molar-refractivity contribution is 6.59. The molecule has 2 aliphatic rings. The van der Waals surface area contributed by atoms with Crippen molar-refractivity contribution in [2.75, 3.05) is 13.2 Å². The summed E-state index contributed by atoms with van der Waals surface area (Å²) in [6.07, 6.45) is 14.4. The lowest BCUT2D eigenvalue weighted by Crippen LogP contribution is -2.34. The summed E-state index contributed by atoms with van der Waals surface area (Å²) in [5.74, 6) is 1.62. The normalized spacial score (nSPS) is 13.2. The van der Waals surface area contributed by atoms with E-state index in [1.165, 1.54) is 51.4 Å². The van der Waals surface area contributed by atoms with Gasteiger partial charge in [-0.05, 0) is 92.5 Å². The minimum absolute atomic E-state index is 0.404. The Bertz CT molecular complexity index is 1610. The molecule has 49 heavy (non-hydrogen) atoms. The predicted octanol–water partition coefficient (Wildman–Crippen LogP) is 6.87. The maximum absolute atomic E-state index is 10.3. The number of rotatable bonds is 18. The number of ether oxygens (including phenoxy) is 2. The molecule has 0 saturated heterocycles. The molecule has 0 fully saturated rings. The smallest absolute Gasteiger partial charge is 0.488 e. The maximum Gasteiger partial charge on any atom is 0.488 e. The van der Waals surface area contributed by atoms with Crippen LogP contribution in [-0.4, -0.2) is 47.5 Å². The number of fused-ring (bicyclic) bond motifs is 10. The van der Waals surface area contributed by atoms with Crippen LogP contribution in [0, 0.1) is 0 Å². The van der Waals surface area contributed by atoms with Gasteiger partial charge in [0.1, 0.15) is 11.5 Å². The molecule has 0 amide bonds. The molecule has 1 spiro atoms. The lowest BCUT2D eigenvalue weighted by molar-refractivity contribution is 0.304. The van der Waals surface area contributed by atoms with Crippen molar-refractivity contribution < 1.29 is 29.6 Å². The first kappa shape index (κ1) is 35.3. The highest BCUT2D eigenvalue weighted by Crippen LogP contribution is 2.63. The van der Waals surface area contributed by atoms with Gasteiger partial charge in [0.25, 0.3) is 0 Å². The van der Waals surface area contributed by atoms with Gasteiger partial charge in [0.05, 0.1) is 18.6 Å². The van der Waals surface area contributed by atoms with Gasteiger partial charge in [-0.25, -0.2) is 0 Å². The molecular weight excluding hydrogens is 610 g/mol. The van der Waals surface area contributed by atoms with Gasteiger partial charge < -0.3 is 29.6 Å². The van der Waals surface area contributed by atoms with Crippen LogP contribution in [-0.2, 0) is 5.41 Å². The molecule has 0 saturated carbocycles. The molecule has 6 rings (SSSR count). The molecule has 256 valence electrons. The largest absolute Gasteiger partial charge is 0.494 e. The summed E-state index contributed by atoms with van der Waals surface area (Å²) in [6, 6.07) is 23.7. The van der Waals surface area contributed by atoms with Crippen molar-refractivity contribution >= 4 is 25.2 Å². The fourth-order valence-electron chi connectivity index (χ4n) is 7.88. The van der Waals surface area contributed by atoms with Crippen molar-refractivity contribution in [3.05, 3.63) is 95.1 Å². The molecule has 0 heterocycles. The zero-order valence-electron chi connectivity index (χ0n) is 29.1. The number of hydrogen-bond acceptors (Lipinski definition) is 6. The Kier molecular flexibility index (Phi) is 11.5. The van der Waals surface area contributed by atoms with Crippen molar-refractivity contribution in [3.8, 4) is 33.8 Å².